The molecule has 4 rings (SSSR count). The molecular weight excluding hydrogens is 428 g/mol. The van der Waals surface area contributed by atoms with Crippen molar-refractivity contribution in [3.05, 3.63) is 71.4 Å². The van der Waals surface area contributed by atoms with E-state index >= 15 is 0 Å². The minimum Gasteiger partial charge on any atom is -0.464 e. The highest BCUT2D eigenvalue weighted by Gasteiger charge is 2.24. The highest BCUT2D eigenvalue weighted by molar-refractivity contribution is 7.90. The number of hydrogen-bond donors (Lipinski definition) is 0. The molecule has 0 atom stereocenters. The van der Waals surface area contributed by atoms with Gasteiger partial charge in [-0.05, 0) is 25.1 Å². The number of methoxy groups -OCH3 is 1. The number of hydrogen-bond acceptors (Lipinski definition) is 7. The molecule has 0 N–H and O–H groups in total. The van der Waals surface area contributed by atoms with Crippen LogP contribution >= 0.6 is 11.6 Å². The Hall–Kier alpha value is -3.30. The zero-order valence-corrected chi connectivity index (χ0v) is 17.5. The van der Waals surface area contributed by atoms with Gasteiger partial charge in [-0.15, -0.1) is 0 Å². The monoisotopic (exact) mass is 442 g/mol. The topological polar surface area (TPSA) is 104 Å². The van der Waals surface area contributed by atoms with Gasteiger partial charge in [-0.3, -0.25) is 4.98 Å². The molecule has 0 fully saturated rings. The molecule has 0 aliphatic carbocycles. The molecule has 0 saturated carbocycles. The number of ether oxygens (including phenoxy) is 1. The number of fused-ring (bicyclic) bond motifs is 1. The summed E-state index contributed by atoms with van der Waals surface area (Å²) in [5.41, 5.74) is 1.80. The smallest absolute Gasteiger partial charge is 0.358 e. The van der Waals surface area contributed by atoms with Gasteiger partial charge in [0.25, 0.3) is 10.0 Å². The van der Waals surface area contributed by atoms with Gasteiger partial charge in [-0.1, -0.05) is 29.3 Å². The normalized spacial score (nSPS) is 11.6. The number of nitrogens with zero attached hydrogens (tertiary/aromatic N) is 4. The predicted molar refractivity (Wildman–Crippen MR) is 111 cm³/mol. The summed E-state index contributed by atoms with van der Waals surface area (Å²) in [5, 5.41) is 0.779. The van der Waals surface area contributed by atoms with Gasteiger partial charge < -0.3 is 4.74 Å². The van der Waals surface area contributed by atoms with Crippen molar-refractivity contribution in [3.8, 4) is 11.3 Å². The highest BCUT2D eigenvalue weighted by atomic mass is 35.5. The first-order valence-corrected chi connectivity index (χ1v) is 10.5. The number of rotatable bonds is 4. The molecule has 10 heteroatoms. The number of carbonyl (C=O) groups is 1. The van der Waals surface area contributed by atoms with E-state index in [9.17, 15) is 13.2 Å². The molecule has 152 valence electrons. The predicted octanol–water partition coefficient (Wildman–Crippen LogP) is 3.48. The molecule has 30 heavy (non-hydrogen) atoms. The lowest BCUT2D eigenvalue weighted by molar-refractivity contribution is 0.0593. The number of benzene rings is 1. The van der Waals surface area contributed by atoms with Crippen LogP contribution in [0.5, 0.6) is 0 Å². The summed E-state index contributed by atoms with van der Waals surface area (Å²) >= 11 is 6.11. The van der Waals surface area contributed by atoms with Crippen LogP contribution < -0.4 is 0 Å². The molecule has 0 amide bonds. The summed E-state index contributed by atoms with van der Waals surface area (Å²) in [6.07, 6.45) is 5.45. The van der Waals surface area contributed by atoms with Crippen LogP contribution in [-0.2, 0) is 14.8 Å². The first kappa shape index (κ1) is 20.0. The van der Waals surface area contributed by atoms with Gasteiger partial charge in [-0.2, -0.15) is 0 Å². The van der Waals surface area contributed by atoms with Gasteiger partial charge in [0, 0.05) is 23.3 Å². The third kappa shape index (κ3) is 3.42. The summed E-state index contributed by atoms with van der Waals surface area (Å²) in [7, 11) is -2.71. The largest absolute Gasteiger partial charge is 0.464 e. The first-order chi connectivity index (χ1) is 14.3. The van der Waals surface area contributed by atoms with E-state index in [-0.39, 0.29) is 21.9 Å². The fourth-order valence-corrected chi connectivity index (χ4v) is 4.45. The Labute approximate surface area is 177 Å². The van der Waals surface area contributed by atoms with E-state index in [1.165, 1.54) is 44.0 Å². The molecule has 0 radical (unpaired) electrons. The number of pyridine rings is 1. The van der Waals surface area contributed by atoms with Crippen LogP contribution in [0.15, 0.2) is 60.0 Å². The van der Waals surface area contributed by atoms with Crippen LogP contribution in [0.1, 0.15) is 16.1 Å². The summed E-state index contributed by atoms with van der Waals surface area (Å²) in [5.74, 6) is -0.656. The second-order valence-corrected chi connectivity index (χ2v) is 8.71. The lowest BCUT2D eigenvalue weighted by Gasteiger charge is -2.07. The van der Waals surface area contributed by atoms with Gasteiger partial charge in [0.1, 0.15) is 0 Å². The van der Waals surface area contributed by atoms with Crippen LogP contribution in [0.3, 0.4) is 0 Å². The van der Waals surface area contributed by atoms with Gasteiger partial charge >= 0.3 is 5.97 Å². The molecule has 3 heterocycles. The number of carbonyl (C=O) groups excluding carboxylic acids is 1. The molecule has 0 saturated heterocycles. The van der Waals surface area contributed by atoms with Crippen LogP contribution in [0.4, 0.5) is 0 Å². The summed E-state index contributed by atoms with van der Waals surface area (Å²) in [4.78, 5) is 24.4. The number of esters is 1. The minimum atomic E-state index is -3.94. The maximum Gasteiger partial charge on any atom is 0.358 e. The third-order valence-electron chi connectivity index (χ3n) is 4.46. The van der Waals surface area contributed by atoms with Gasteiger partial charge in [0.15, 0.2) is 11.3 Å². The van der Waals surface area contributed by atoms with Gasteiger partial charge in [0.05, 0.1) is 35.1 Å². The van der Waals surface area contributed by atoms with Crippen molar-refractivity contribution in [1.29, 1.82) is 0 Å². The fraction of sp³-hybridized carbons (Fsp3) is 0.100. The Morgan fingerprint density at radius 3 is 2.57 bits per heavy atom. The third-order valence-corrected chi connectivity index (χ3v) is 6.33. The number of aromatic nitrogens is 4. The number of aryl methyl sites for hydroxylation is 1. The number of halogens is 1. The summed E-state index contributed by atoms with van der Waals surface area (Å²) < 4.78 is 32.3. The summed E-state index contributed by atoms with van der Waals surface area (Å²) in [6.45, 7) is 1.87. The molecule has 0 bridgehead atoms. The van der Waals surface area contributed by atoms with Crippen LogP contribution in [0.25, 0.3) is 22.3 Å². The van der Waals surface area contributed by atoms with Crippen molar-refractivity contribution in [1.82, 2.24) is 18.9 Å². The standard InChI is InChI=1S/C20H15ClN4O4S/c1-12-3-5-14(6-4-12)30(27,28)25-11-16(15-7-13(21)8-23-19(15)25)17-9-22-10-18(24-17)20(26)29-2/h3-11H,1-2H3. The zero-order chi connectivity index (χ0) is 21.5. The van der Waals surface area contributed by atoms with Crippen LogP contribution in [0, 0.1) is 6.92 Å². The molecule has 8 nitrogen and oxygen atoms in total. The second-order valence-electron chi connectivity index (χ2n) is 6.46. The van der Waals surface area contributed by atoms with Crippen molar-refractivity contribution in [2.75, 3.05) is 7.11 Å². The Balaban J connectivity index is 1.97. The van der Waals surface area contributed by atoms with Crippen molar-refractivity contribution >= 4 is 38.6 Å². The maximum atomic E-state index is 13.3. The van der Waals surface area contributed by atoms with E-state index in [1.807, 2.05) is 6.92 Å². The molecule has 4 aromatic rings. The lowest BCUT2D eigenvalue weighted by atomic mass is 10.1. The van der Waals surface area contributed by atoms with E-state index in [0.717, 1.165) is 9.54 Å². The molecule has 0 unspecified atom stereocenters. The average molecular weight is 443 g/mol. The Bertz CT molecular complexity index is 1380. The van der Waals surface area contributed by atoms with E-state index in [2.05, 4.69) is 19.7 Å². The molecule has 0 aliphatic heterocycles. The van der Waals surface area contributed by atoms with Crippen molar-refractivity contribution in [2.24, 2.45) is 0 Å². The maximum absolute atomic E-state index is 13.3. The second kappa shape index (κ2) is 7.51. The van der Waals surface area contributed by atoms with E-state index in [4.69, 9.17) is 11.6 Å². The van der Waals surface area contributed by atoms with Crippen LogP contribution in [-0.4, -0.2) is 40.4 Å². The fourth-order valence-electron chi connectivity index (χ4n) is 2.96. The van der Waals surface area contributed by atoms with Crippen molar-refractivity contribution in [3.63, 3.8) is 0 Å². The highest BCUT2D eigenvalue weighted by Crippen LogP contribution is 2.32. The molecule has 3 aromatic heterocycles. The average Bonchev–Trinajstić information content (AvgIpc) is 3.13. The first-order valence-electron chi connectivity index (χ1n) is 8.71. The Morgan fingerprint density at radius 1 is 1.13 bits per heavy atom. The van der Waals surface area contributed by atoms with Gasteiger partial charge in [0.2, 0.25) is 0 Å². The molecular formula is C20H15ClN4O4S. The molecule has 0 aliphatic rings. The SMILES string of the molecule is COC(=O)c1cncc(-c2cn(S(=O)(=O)c3ccc(C)cc3)c3ncc(Cl)cc23)n1. The van der Waals surface area contributed by atoms with Crippen molar-refractivity contribution < 1.29 is 17.9 Å². The van der Waals surface area contributed by atoms with Crippen molar-refractivity contribution in [2.45, 2.75) is 11.8 Å². The van der Waals surface area contributed by atoms with Crippen LogP contribution in [0.2, 0.25) is 5.02 Å². The molecule has 1 aromatic carbocycles. The minimum absolute atomic E-state index is 0.00715. The Kier molecular flexibility index (Phi) is 5.00. The molecule has 0 spiro atoms. The van der Waals surface area contributed by atoms with E-state index in [1.54, 1.807) is 18.2 Å². The van der Waals surface area contributed by atoms with E-state index < -0.39 is 16.0 Å². The quantitative estimate of drug-likeness (QED) is 0.445. The Morgan fingerprint density at radius 2 is 1.87 bits per heavy atom. The van der Waals surface area contributed by atoms with E-state index in [0.29, 0.717) is 16.0 Å². The lowest BCUT2D eigenvalue weighted by Crippen LogP contribution is -2.12. The zero-order valence-electron chi connectivity index (χ0n) is 15.9. The summed E-state index contributed by atoms with van der Waals surface area (Å²) in [6, 6.07) is 8.09. The van der Waals surface area contributed by atoms with Gasteiger partial charge in [-0.25, -0.2) is 27.2 Å².